The molecule has 1 aliphatic heterocycles. The lowest BCUT2D eigenvalue weighted by molar-refractivity contribution is 0.0984. The lowest BCUT2D eigenvalue weighted by Gasteiger charge is -2.19. The fourth-order valence-corrected chi connectivity index (χ4v) is 5.95. The molecule has 1 saturated heterocycles. The van der Waals surface area contributed by atoms with Gasteiger partial charge in [-0.1, -0.05) is 6.92 Å². The molecule has 0 radical (unpaired) electrons. The van der Waals surface area contributed by atoms with Gasteiger partial charge in [-0.2, -0.15) is 4.40 Å². The summed E-state index contributed by atoms with van der Waals surface area (Å²) in [7, 11) is -3.47. The number of aromatic nitrogens is 5. The summed E-state index contributed by atoms with van der Waals surface area (Å²) >= 11 is 0. The van der Waals surface area contributed by atoms with Crippen LogP contribution in [-0.2, 0) is 14.8 Å². The first-order chi connectivity index (χ1) is 14.0. The number of H-pyrrole nitrogens is 1. The third-order valence-electron chi connectivity index (χ3n) is 6.22. The van der Waals surface area contributed by atoms with Crippen LogP contribution in [0.5, 0.6) is 0 Å². The van der Waals surface area contributed by atoms with Crippen LogP contribution in [-0.4, -0.2) is 57.7 Å². The summed E-state index contributed by atoms with van der Waals surface area (Å²) in [6, 6.07) is 1.97. The van der Waals surface area contributed by atoms with Gasteiger partial charge < -0.3 is 9.72 Å². The van der Waals surface area contributed by atoms with E-state index in [9.17, 15) is 8.42 Å². The molecule has 10 heteroatoms. The van der Waals surface area contributed by atoms with Gasteiger partial charge in [0.05, 0.1) is 17.0 Å². The monoisotopic (exact) mass is 416 g/mol. The van der Waals surface area contributed by atoms with E-state index >= 15 is 0 Å². The van der Waals surface area contributed by atoms with Crippen LogP contribution in [0.4, 0.5) is 0 Å². The minimum absolute atomic E-state index is 0.112. The summed E-state index contributed by atoms with van der Waals surface area (Å²) in [6.07, 6.45) is 7.96. The van der Waals surface area contributed by atoms with Crippen LogP contribution >= 0.6 is 0 Å². The van der Waals surface area contributed by atoms with E-state index in [2.05, 4.69) is 35.9 Å². The predicted molar refractivity (Wildman–Crippen MR) is 109 cm³/mol. The number of rotatable bonds is 4. The smallest absolute Gasteiger partial charge is 0.255 e. The number of hydrogen-bond donors (Lipinski definition) is 1. The normalized spacial score (nSPS) is 26.9. The molecular weight excluding hydrogens is 392 g/mol. The zero-order valence-corrected chi connectivity index (χ0v) is 17.0. The molecule has 2 fully saturated rings. The number of ether oxygens (including phenoxy) is 1. The highest BCUT2D eigenvalue weighted by Crippen LogP contribution is 2.42. The van der Waals surface area contributed by atoms with E-state index in [1.165, 1.54) is 0 Å². The van der Waals surface area contributed by atoms with Crippen LogP contribution in [0.15, 0.2) is 22.9 Å². The quantitative estimate of drug-likeness (QED) is 0.653. The standard InChI is InChI=1S/C19H24N6O3S/c1-12-8-13(10-22-29(26,27)14-3-6-28-7-4-14)9-15(12)19-24-23-17-11-21-18-16(25(17)19)2-5-20-18/h2,5,10-15,20H,3-4,6-9H2,1H3/t12-,13?,15+/m1/s1. The number of sulfonamides is 1. The fraction of sp³-hybridized carbons (Fsp3) is 0.579. The molecule has 0 bridgehead atoms. The summed E-state index contributed by atoms with van der Waals surface area (Å²) in [6.45, 7) is 3.16. The minimum Gasteiger partial charge on any atom is -0.381 e. The first-order valence-corrected chi connectivity index (χ1v) is 11.6. The van der Waals surface area contributed by atoms with Crippen molar-refractivity contribution in [3.8, 4) is 0 Å². The molecule has 1 unspecified atom stereocenters. The zero-order chi connectivity index (χ0) is 20.0. The third kappa shape index (κ3) is 3.33. The molecule has 1 N–H and O–H groups in total. The second kappa shape index (κ2) is 7.17. The van der Waals surface area contributed by atoms with Crippen LogP contribution in [0.3, 0.4) is 0 Å². The molecule has 2 aliphatic rings. The molecule has 9 nitrogen and oxygen atoms in total. The van der Waals surface area contributed by atoms with E-state index in [1.807, 2.05) is 12.3 Å². The van der Waals surface area contributed by atoms with Gasteiger partial charge >= 0.3 is 0 Å². The predicted octanol–water partition coefficient (Wildman–Crippen LogP) is 2.31. The van der Waals surface area contributed by atoms with Crippen LogP contribution < -0.4 is 0 Å². The van der Waals surface area contributed by atoms with Gasteiger partial charge in [0.2, 0.25) is 0 Å². The van der Waals surface area contributed by atoms with Gasteiger partial charge in [-0.05, 0) is 43.6 Å². The van der Waals surface area contributed by atoms with E-state index < -0.39 is 15.3 Å². The van der Waals surface area contributed by atoms with Crippen molar-refractivity contribution in [2.75, 3.05) is 13.2 Å². The minimum atomic E-state index is -3.47. The van der Waals surface area contributed by atoms with Crippen molar-refractivity contribution in [3.05, 3.63) is 24.3 Å². The maximum atomic E-state index is 12.5. The highest BCUT2D eigenvalue weighted by atomic mass is 32.2. The van der Waals surface area contributed by atoms with Gasteiger partial charge in [-0.25, -0.2) is 13.4 Å². The lowest BCUT2D eigenvalue weighted by Crippen LogP contribution is -2.27. The Bertz CT molecular complexity index is 1160. The summed E-state index contributed by atoms with van der Waals surface area (Å²) in [5, 5.41) is 8.33. The van der Waals surface area contributed by atoms with E-state index in [1.54, 1.807) is 12.4 Å². The largest absolute Gasteiger partial charge is 0.381 e. The van der Waals surface area contributed by atoms with Crippen molar-refractivity contribution in [3.63, 3.8) is 0 Å². The Morgan fingerprint density at radius 1 is 1.28 bits per heavy atom. The van der Waals surface area contributed by atoms with Crippen molar-refractivity contribution in [1.82, 2.24) is 24.6 Å². The van der Waals surface area contributed by atoms with Crippen molar-refractivity contribution in [2.45, 2.75) is 43.8 Å². The Hall–Kier alpha value is -2.33. The second-order valence-corrected chi connectivity index (χ2v) is 10.0. The van der Waals surface area contributed by atoms with Gasteiger partial charge in [-0.3, -0.25) is 4.40 Å². The number of hydrogen-bond acceptors (Lipinski definition) is 6. The molecule has 1 saturated carbocycles. The molecule has 0 spiro atoms. The van der Waals surface area contributed by atoms with Crippen LogP contribution in [0.25, 0.3) is 16.8 Å². The molecule has 1 aliphatic carbocycles. The first-order valence-electron chi connectivity index (χ1n) is 10.1. The SMILES string of the molecule is C[C@@H]1CC(C=NS(=O)(=O)C2CCOCC2)C[C@@H]1c1nnc2cnc3[nH]ccc3n12. The maximum Gasteiger partial charge on any atom is 0.255 e. The van der Waals surface area contributed by atoms with E-state index in [0.29, 0.717) is 32.0 Å². The van der Waals surface area contributed by atoms with Gasteiger partial charge in [0.15, 0.2) is 11.3 Å². The number of fused-ring (bicyclic) bond motifs is 3. The van der Waals surface area contributed by atoms with E-state index in [-0.39, 0.29) is 11.8 Å². The molecule has 3 atom stereocenters. The topological polar surface area (TPSA) is 115 Å². The number of nitrogens with zero attached hydrogens (tertiary/aromatic N) is 5. The van der Waals surface area contributed by atoms with Gasteiger partial charge in [0.25, 0.3) is 10.0 Å². The van der Waals surface area contributed by atoms with E-state index in [4.69, 9.17) is 4.74 Å². The van der Waals surface area contributed by atoms with Gasteiger partial charge in [-0.15, -0.1) is 10.2 Å². The molecule has 5 rings (SSSR count). The summed E-state index contributed by atoms with van der Waals surface area (Å²) in [4.78, 5) is 7.49. The van der Waals surface area contributed by atoms with Crippen molar-refractivity contribution < 1.29 is 13.2 Å². The fourth-order valence-electron chi connectivity index (χ4n) is 4.65. The summed E-state index contributed by atoms with van der Waals surface area (Å²) in [5.41, 5.74) is 2.47. The van der Waals surface area contributed by atoms with Crippen LogP contribution in [0.1, 0.15) is 44.3 Å². The maximum absolute atomic E-state index is 12.5. The van der Waals surface area contributed by atoms with Crippen molar-refractivity contribution in [2.24, 2.45) is 16.2 Å². The molecule has 4 heterocycles. The molecule has 3 aromatic rings. The molecule has 0 amide bonds. The van der Waals surface area contributed by atoms with Crippen LogP contribution in [0, 0.1) is 11.8 Å². The Balaban J connectivity index is 1.39. The Labute approximate surface area is 168 Å². The number of aromatic amines is 1. The van der Waals surface area contributed by atoms with Crippen molar-refractivity contribution >= 4 is 33.0 Å². The Morgan fingerprint density at radius 2 is 2.10 bits per heavy atom. The summed E-state index contributed by atoms with van der Waals surface area (Å²) in [5.74, 6) is 1.56. The number of nitrogens with one attached hydrogen (secondary N) is 1. The van der Waals surface area contributed by atoms with Crippen LogP contribution in [0.2, 0.25) is 0 Å². The molecule has 29 heavy (non-hydrogen) atoms. The van der Waals surface area contributed by atoms with Crippen molar-refractivity contribution in [1.29, 1.82) is 0 Å². The molecule has 154 valence electrons. The Morgan fingerprint density at radius 3 is 2.93 bits per heavy atom. The Kier molecular flexibility index (Phi) is 4.62. The molecular formula is C19H24N6O3S. The van der Waals surface area contributed by atoms with Gasteiger partial charge in [0, 0.05) is 31.5 Å². The highest BCUT2D eigenvalue weighted by molar-refractivity contribution is 7.90. The zero-order valence-electron chi connectivity index (χ0n) is 16.2. The molecule has 0 aromatic carbocycles. The third-order valence-corrected chi connectivity index (χ3v) is 7.95. The highest BCUT2D eigenvalue weighted by Gasteiger charge is 2.36. The van der Waals surface area contributed by atoms with E-state index in [0.717, 1.165) is 35.5 Å². The lowest BCUT2D eigenvalue weighted by atomic mass is 9.97. The average molecular weight is 417 g/mol. The summed E-state index contributed by atoms with van der Waals surface area (Å²) < 4.78 is 36.4. The average Bonchev–Trinajstić information content (AvgIpc) is 3.44. The first kappa shape index (κ1) is 18.7. The second-order valence-electron chi connectivity index (χ2n) is 8.12. The molecule has 3 aromatic heterocycles. The van der Waals surface area contributed by atoms with Gasteiger partial charge in [0.1, 0.15) is 5.82 Å².